The molecule has 0 aliphatic carbocycles. The topological polar surface area (TPSA) is 41.1 Å². The molecular formula is C15H20N2O. The van der Waals surface area contributed by atoms with E-state index >= 15 is 0 Å². The highest BCUT2D eigenvalue weighted by Gasteiger charge is 2.12. The van der Waals surface area contributed by atoms with Crippen LogP contribution in [0.5, 0.6) is 0 Å². The first kappa shape index (κ1) is 12.8. The van der Waals surface area contributed by atoms with Gasteiger partial charge in [0.2, 0.25) is 5.91 Å². The number of rotatable bonds is 5. The minimum absolute atomic E-state index is 0.0168. The molecule has 0 spiro atoms. The molecule has 0 aromatic heterocycles. The Hall–Kier alpha value is -1.61. The van der Waals surface area contributed by atoms with E-state index < -0.39 is 0 Å². The summed E-state index contributed by atoms with van der Waals surface area (Å²) in [7, 11) is 0. The molecule has 2 N–H and O–H groups in total. The monoisotopic (exact) mass is 244 g/mol. The molecule has 0 saturated carbocycles. The lowest BCUT2D eigenvalue weighted by atomic mass is 10.1. The van der Waals surface area contributed by atoms with Crippen molar-refractivity contribution in [3.8, 4) is 0 Å². The van der Waals surface area contributed by atoms with Crippen molar-refractivity contribution in [2.75, 3.05) is 13.1 Å². The normalized spacial score (nSPS) is 19.2. The summed E-state index contributed by atoms with van der Waals surface area (Å²) in [6.45, 7) is 1.86. The Morgan fingerprint density at radius 2 is 2.22 bits per heavy atom. The van der Waals surface area contributed by atoms with Gasteiger partial charge in [0.1, 0.15) is 0 Å². The predicted molar refractivity (Wildman–Crippen MR) is 74.1 cm³/mol. The molecule has 1 aliphatic rings. The zero-order valence-electron chi connectivity index (χ0n) is 10.6. The van der Waals surface area contributed by atoms with Crippen molar-refractivity contribution in [1.29, 1.82) is 0 Å². The van der Waals surface area contributed by atoms with E-state index in [0.29, 0.717) is 6.04 Å². The van der Waals surface area contributed by atoms with E-state index in [1.807, 2.05) is 36.4 Å². The molecule has 0 bridgehead atoms. The van der Waals surface area contributed by atoms with Gasteiger partial charge in [0.05, 0.1) is 0 Å². The van der Waals surface area contributed by atoms with Gasteiger partial charge in [-0.15, -0.1) is 0 Å². The Balaban J connectivity index is 1.67. The van der Waals surface area contributed by atoms with Crippen LogP contribution in [0.2, 0.25) is 0 Å². The average Bonchev–Trinajstić information content (AvgIpc) is 2.91. The second kappa shape index (κ2) is 6.97. The van der Waals surface area contributed by atoms with Crippen LogP contribution < -0.4 is 10.6 Å². The molecule has 0 unspecified atom stereocenters. The van der Waals surface area contributed by atoms with E-state index in [1.54, 1.807) is 6.08 Å². The first-order valence-corrected chi connectivity index (χ1v) is 6.59. The molecule has 3 nitrogen and oxygen atoms in total. The van der Waals surface area contributed by atoms with E-state index in [-0.39, 0.29) is 5.91 Å². The maximum atomic E-state index is 11.6. The number of carbonyl (C=O) groups excluding carboxylic acids is 1. The molecule has 1 aliphatic heterocycles. The molecular weight excluding hydrogens is 224 g/mol. The number of amides is 1. The zero-order chi connectivity index (χ0) is 12.6. The van der Waals surface area contributed by atoms with E-state index in [2.05, 4.69) is 10.6 Å². The molecule has 1 heterocycles. The first-order valence-electron chi connectivity index (χ1n) is 6.59. The minimum Gasteiger partial charge on any atom is -0.352 e. The van der Waals surface area contributed by atoms with E-state index in [9.17, 15) is 4.79 Å². The number of hydrogen-bond donors (Lipinski definition) is 2. The predicted octanol–water partition coefficient (Wildman–Crippen LogP) is 1.96. The summed E-state index contributed by atoms with van der Waals surface area (Å²) in [5.74, 6) is -0.0168. The molecule has 1 amide bonds. The largest absolute Gasteiger partial charge is 0.352 e. The van der Waals surface area contributed by atoms with Gasteiger partial charge < -0.3 is 10.6 Å². The first-order chi connectivity index (χ1) is 8.84. The summed E-state index contributed by atoms with van der Waals surface area (Å²) < 4.78 is 0. The van der Waals surface area contributed by atoms with Gasteiger partial charge in [0.25, 0.3) is 0 Å². The van der Waals surface area contributed by atoms with Crippen LogP contribution in [0.4, 0.5) is 0 Å². The second-order valence-electron chi connectivity index (χ2n) is 4.62. The standard InChI is InChI=1S/C15H20N2O/c18-15(9-8-13-5-2-1-3-6-13)17-12-10-14-7-4-11-16-14/h1-3,5-6,8-9,14,16H,4,7,10-12H2,(H,17,18)/b9-8+/t14-/m0/s1. The maximum Gasteiger partial charge on any atom is 0.243 e. The fourth-order valence-electron chi connectivity index (χ4n) is 2.17. The molecule has 3 heteroatoms. The number of benzene rings is 1. The van der Waals surface area contributed by atoms with Crippen LogP contribution in [-0.4, -0.2) is 25.0 Å². The van der Waals surface area contributed by atoms with Gasteiger partial charge in [-0.1, -0.05) is 30.3 Å². The summed E-state index contributed by atoms with van der Waals surface area (Å²) in [6, 6.07) is 10.4. The third kappa shape index (κ3) is 4.34. The van der Waals surface area contributed by atoms with Crippen LogP contribution >= 0.6 is 0 Å². The summed E-state index contributed by atoms with van der Waals surface area (Å²) >= 11 is 0. The maximum absolute atomic E-state index is 11.6. The number of carbonyl (C=O) groups is 1. The van der Waals surface area contributed by atoms with Crippen molar-refractivity contribution in [3.05, 3.63) is 42.0 Å². The van der Waals surface area contributed by atoms with Gasteiger partial charge in [-0.2, -0.15) is 0 Å². The van der Waals surface area contributed by atoms with Crippen molar-refractivity contribution in [2.45, 2.75) is 25.3 Å². The second-order valence-corrected chi connectivity index (χ2v) is 4.62. The van der Waals surface area contributed by atoms with Crippen molar-refractivity contribution in [2.24, 2.45) is 0 Å². The summed E-state index contributed by atoms with van der Waals surface area (Å²) in [6.07, 6.45) is 6.94. The van der Waals surface area contributed by atoms with Crippen molar-refractivity contribution < 1.29 is 4.79 Å². The molecule has 1 fully saturated rings. The third-order valence-electron chi connectivity index (χ3n) is 3.18. The Morgan fingerprint density at radius 3 is 2.94 bits per heavy atom. The quantitative estimate of drug-likeness (QED) is 0.777. The van der Waals surface area contributed by atoms with E-state index in [0.717, 1.165) is 25.1 Å². The molecule has 18 heavy (non-hydrogen) atoms. The summed E-state index contributed by atoms with van der Waals surface area (Å²) in [5, 5.41) is 6.33. The van der Waals surface area contributed by atoms with Crippen molar-refractivity contribution >= 4 is 12.0 Å². The molecule has 2 rings (SSSR count). The van der Waals surface area contributed by atoms with Crippen molar-refractivity contribution in [3.63, 3.8) is 0 Å². The molecule has 1 saturated heterocycles. The van der Waals surface area contributed by atoms with Crippen LogP contribution in [0.1, 0.15) is 24.8 Å². The number of hydrogen-bond acceptors (Lipinski definition) is 2. The Labute approximate surface area is 108 Å². The molecule has 1 aromatic carbocycles. The Morgan fingerprint density at radius 1 is 1.39 bits per heavy atom. The van der Waals surface area contributed by atoms with Gasteiger partial charge in [-0.05, 0) is 37.4 Å². The summed E-state index contributed by atoms with van der Waals surface area (Å²) in [5.41, 5.74) is 1.05. The lowest BCUT2D eigenvalue weighted by molar-refractivity contribution is -0.116. The highest BCUT2D eigenvalue weighted by atomic mass is 16.1. The van der Waals surface area contributed by atoms with Crippen molar-refractivity contribution in [1.82, 2.24) is 10.6 Å². The van der Waals surface area contributed by atoms with Gasteiger partial charge in [0.15, 0.2) is 0 Å². The van der Waals surface area contributed by atoms with Gasteiger partial charge in [-0.25, -0.2) is 0 Å². The average molecular weight is 244 g/mol. The SMILES string of the molecule is O=C(/C=C/c1ccccc1)NCC[C@@H]1CCCN1. The smallest absolute Gasteiger partial charge is 0.243 e. The third-order valence-corrected chi connectivity index (χ3v) is 3.18. The Kier molecular flexibility index (Phi) is 4.97. The highest BCUT2D eigenvalue weighted by molar-refractivity contribution is 5.91. The molecule has 1 aromatic rings. The highest BCUT2D eigenvalue weighted by Crippen LogP contribution is 2.07. The fourth-order valence-corrected chi connectivity index (χ4v) is 2.17. The van der Waals surface area contributed by atoms with E-state index in [4.69, 9.17) is 0 Å². The molecule has 1 atom stereocenters. The van der Waals surface area contributed by atoms with Crippen LogP contribution in [-0.2, 0) is 4.79 Å². The van der Waals surface area contributed by atoms with E-state index in [1.165, 1.54) is 12.8 Å². The van der Waals surface area contributed by atoms with Crippen LogP contribution in [0.25, 0.3) is 6.08 Å². The fraction of sp³-hybridized carbons (Fsp3) is 0.400. The van der Waals surface area contributed by atoms with Crippen LogP contribution in [0, 0.1) is 0 Å². The van der Waals surface area contributed by atoms with Gasteiger partial charge in [-0.3, -0.25) is 4.79 Å². The van der Waals surface area contributed by atoms with Crippen LogP contribution in [0.15, 0.2) is 36.4 Å². The molecule has 0 radical (unpaired) electrons. The van der Waals surface area contributed by atoms with Crippen LogP contribution in [0.3, 0.4) is 0 Å². The minimum atomic E-state index is -0.0168. The lowest BCUT2D eigenvalue weighted by Crippen LogP contribution is -2.29. The number of nitrogens with one attached hydrogen (secondary N) is 2. The summed E-state index contributed by atoms with van der Waals surface area (Å²) in [4.78, 5) is 11.6. The lowest BCUT2D eigenvalue weighted by Gasteiger charge is -2.09. The van der Waals surface area contributed by atoms with Gasteiger partial charge in [0, 0.05) is 18.7 Å². The zero-order valence-corrected chi connectivity index (χ0v) is 10.6. The Bertz CT molecular complexity index is 394. The molecule has 96 valence electrons. The van der Waals surface area contributed by atoms with Gasteiger partial charge >= 0.3 is 0 Å².